The first kappa shape index (κ1) is 15.4. The van der Waals surface area contributed by atoms with Crippen molar-refractivity contribution in [1.29, 1.82) is 0 Å². The van der Waals surface area contributed by atoms with Gasteiger partial charge in [-0.3, -0.25) is 4.90 Å². The molecule has 0 aliphatic carbocycles. The Hall–Kier alpha value is -2.08. The highest BCUT2D eigenvalue weighted by Crippen LogP contribution is 2.26. The van der Waals surface area contributed by atoms with E-state index in [0.29, 0.717) is 5.95 Å². The highest BCUT2D eigenvalue weighted by Gasteiger charge is 2.21. The van der Waals surface area contributed by atoms with Crippen LogP contribution in [-0.4, -0.2) is 34.5 Å². The molecule has 128 valence electrons. The van der Waals surface area contributed by atoms with Crippen molar-refractivity contribution in [3.63, 3.8) is 0 Å². The van der Waals surface area contributed by atoms with Gasteiger partial charge in [-0.1, -0.05) is 6.92 Å². The zero-order chi connectivity index (χ0) is 16.5. The van der Waals surface area contributed by atoms with Crippen LogP contribution >= 0.6 is 0 Å². The number of aromatic nitrogens is 2. The summed E-state index contributed by atoms with van der Waals surface area (Å²) < 4.78 is 6.10. The van der Waals surface area contributed by atoms with Crippen LogP contribution in [0.25, 0.3) is 0 Å². The lowest BCUT2D eigenvalue weighted by Gasteiger charge is -2.30. The number of anilines is 2. The lowest BCUT2D eigenvalue weighted by molar-refractivity contribution is 0.223. The molecule has 0 spiro atoms. The van der Waals surface area contributed by atoms with E-state index in [1.54, 1.807) is 0 Å². The van der Waals surface area contributed by atoms with E-state index in [1.807, 2.05) is 6.20 Å². The van der Waals surface area contributed by atoms with Gasteiger partial charge >= 0.3 is 0 Å². The first-order valence-electron chi connectivity index (χ1n) is 8.83. The standard InChI is InChI=1S/C18H25N5O/c1-13-4-8-23(9-5-13)17-3-2-15(24-17)12-22-7-6-16-14(11-22)10-20-18(19)21-16/h2-3,10,13H,4-9,11-12H2,1H3,(H2,19,20,21). The third-order valence-electron chi connectivity index (χ3n) is 5.15. The van der Waals surface area contributed by atoms with Crippen LogP contribution in [0.2, 0.25) is 0 Å². The van der Waals surface area contributed by atoms with Crippen LogP contribution in [0.4, 0.5) is 11.8 Å². The van der Waals surface area contributed by atoms with E-state index >= 15 is 0 Å². The quantitative estimate of drug-likeness (QED) is 0.933. The topological polar surface area (TPSA) is 71.4 Å². The Morgan fingerprint density at radius 3 is 2.92 bits per heavy atom. The minimum absolute atomic E-state index is 0.369. The summed E-state index contributed by atoms with van der Waals surface area (Å²) in [5.41, 5.74) is 7.92. The molecule has 2 aromatic rings. The summed E-state index contributed by atoms with van der Waals surface area (Å²) in [4.78, 5) is 13.2. The molecule has 4 heterocycles. The molecule has 0 bridgehead atoms. The van der Waals surface area contributed by atoms with Gasteiger partial charge in [0.25, 0.3) is 0 Å². The number of fused-ring (bicyclic) bond motifs is 1. The molecule has 0 saturated carbocycles. The lowest BCUT2D eigenvalue weighted by Crippen LogP contribution is -2.32. The van der Waals surface area contributed by atoms with Gasteiger partial charge < -0.3 is 15.1 Å². The van der Waals surface area contributed by atoms with Gasteiger partial charge in [-0.25, -0.2) is 9.97 Å². The predicted molar refractivity (Wildman–Crippen MR) is 93.6 cm³/mol. The van der Waals surface area contributed by atoms with Crippen molar-refractivity contribution in [2.45, 2.75) is 39.3 Å². The van der Waals surface area contributed by atoms with E-state index in [1.165, 1.54) is 18.4 Å². The van der Waals surface area contributed by atoms with Crippen LogP contribution in [0.5, 0.6) is 0 Å². The minimum atomic E-state index is 0.369. The van der Waals surface area contributed by atoms with Gasteiger partial charge in [0.2, 0.25) is 5.95 Å². The number of rotatable bonds is 3. The first-order chi connectivity index (χ1) is 11.7. The fourth-order valence-electron chi connectivity index (χ4n) is 3.60. The van der Waals surface area contributed by atoms with Crippen LogP contribution < -0.4 is 10.6 Å². The molecular weight excluding hydrogens is 302 g/mol. The third kappa shape index (κ3) is 3.24. The van der Waals surface area contributed by atoms with Crippen molar-refractivity contribution in [2.75, 3.05) is 30.3 Å². The predicted octanol–water partition coefficient (Wildman–Crippen LogP) is 2.45. The molecule has 1 saturated heterocycles. The summed E-state index contributed by atoms with van der Waals surface area (Å²) in [5.74, 6) is 3.25. The maximum absolute atomic E-state index is 6.10. The van der Waals surface area contributed by atoms with Gasteiger partial charge in [0.05, 0.1) is 12.2 Å². The van der Waals surface area contributed by atoms with Gasteiger partial charge in [0.15, 0.2) is 5.88 Å². The van der Waals surface area contributed by atoms with E-state index in [9.17, 15) is 0 Å². The summed E-state index contributed by atoms with van der Waals surface area (Å²) in [6, 6.07) is 4.23. The molecule has 6 nitrogen and oxygen atoms in total. The van der Waals surface area contributed by atoms with E-state index in [0.717, 1.165) is 62.4 Å². The minimum Gasteiger partial charge on any atom is -0.444 e. The van der Waals surface area contributed by atoms with Gasteiger partial charge in [-0.05, 0) is 24.8 Å². The average molecular weight is 327 g/mol. The Labute approximate surface area is 142 Å². The number of furan rings is 1. The van der Waals surface area contributed by atoms with Crippen molar-refractivity contribution in [2.24, 2.45) is 5.92 Å². The molecule has 0 unspecified atom stereocenters. The van der Waals surface area contributed by atoms with Crippen LogP contribution in [0.15, 0.2) is 22.7 Å². The van der Waals surface area contributed by atoms with Crippen LogP contribution in [0, 0.1) is 5.92 Å². The smallest absolute Gasteiger partial charge is 0.220 e. The van der Waals surface area contributed by atoms with E-state index in [-0.39, 0.29) is 0 Å². The van der Waals surface area contributed by atoms with Crippen molar-refractivity contribution in [3.05, 3.63) is 35.3 Å². The lowest BCUT2D eigenvalue weighted by atomic mass is 9.99. The number of nitrogens with two attached hydrogens (primary N) is 1. The summed E-state index contributed by atoms with van der Waals surface area (Å²) in [6.45, 7) is 7.19. The fraction of sp³-hybridized carbons (Fsp3) is 0.556. The third-order valence-corrected chi connectivity index (χ3v) is 5.15. The summed E-state index contributed by atoms with van der Waals surface area (Å²) >= 11 is 0. The van der Waals surface area contributed by atoms with E-state index < -0.39 is 0 Å². The molecule has 0 radical (unpaired) electrons. The monoisotopic (exact) mass is 327 g/mol. The SMILES string of the molecule is CC1CCN(c2ccc(CN3CCc4nc(N)ncc4C3)o2)CC1. The molecule has 2 aliphatic rings. The average Bonchev–Trinajstić information content (AvgIpc) is 3.04. The molecule has 6 heteroatoms. The Bertz CT molecular complexity index is 705. The first-order valence-corrected chi connectivity index (χ1v) is 8.83. The summed E-state index contributed by atoms with van der Waals surface area (Å²) in [5, 5.41) is 0. The Morgan fingerprint density at radius 2 is 2.08 bits per heavy atom. The zero-order valence-electron chi connectivity index (χ0n) is 14.2. The maximum atomic E-state index is 6.10. The summed E-state index contributed by atoms with van der Waals surface area (Å²) in [7, 11) is 0. The molecule has 0 atom stereocenters. The highest BCUT2D eigenvalue weighted by atomic mass is 16.4. The number of nitrogen functional groups attached to an aromatic ring is 1. The van der Waals surface area contributed by atoms with Gasteiger partial charge in [0.1, 0.15) is 5.76 Å². The Morgan fingerprint density at radius 1 is 1.25 bits per heavy atom. The molecular formula is C18H25N5O. The van der Waals surface area contributed by atoms with E-state index in [4.69, 9.17) is 10.2 Å². The number of hydrogen-bond acceptors (Lipinski definition) is 6. The molecule has 2 aromatic heterocycles. The number of hydrogen-bond donors (Lipinski definition) is 1. The second-order valence-electron chi connectivity index (χ2n) is 7.07. The van der Waals surface area contributed by atoms with Gasteiger partial charge in [-0.15, -0.1) is 0 Å². The molecule has 0 aromatic carbocycles. The zero-order valence-corrected chi connectivity index (χ0v) is 14.2. The second-order valence-corrected chi connectivity index (χ2v) is 7.07. The molecule has 2 aliphatic heterocycles. The normalized spacial score (nSPS) is 19.5. The van der Waals surface area contributed by atoms with Gasteiger partial charge in [0, 0.05) is 50.4 Å². The fourth-order valence-corrected chi connectivity index (χ4v) is 3.60. The van der Waals surface area contributed by atoms with Crippen LogP contribution in [0.3, 0.4) is 0 Å². The number of nitrogens with zero attached hydrogens (tertiary/aromatic N) is 4. The van der Waals surface area contributed by atoms with Crippen LogP contribution in [0.1, 0.15) is 36.8 Å². The molecule has 0 amide bonds. The maximum Gasteiger partial charge on any atom is 0.220 e. The van der Waals surface area contributed by atoms with Crippen LogP contribution in [-0.2, 0) is 19.5 Å². The number of piperidine rings is 1. The largest absolute Gasteiger partial charge is 0.444 e. The van der Waals surface area contributed by atoms with Crippen molar-refractivity contribution >= 4 is 11.8 Å². The summed E-state index contributed by atoms with van der Waals surface area (Å²) in [6.07, 6.45) is 5.27. The molecule has 24 heavy (non-hydrogen) atoms. The van der Waals surface area contributed by atoms with Crippen molar-refractivity contribution in [3.8, 4) is 0 Å². The van der Waals surface area contributed by atoms with Gasteiger partial charge in [-0.2, -0.15) is 0 Å². The molecule has 1 fully saturated rings. The second kappa shape index (κ2) is 6.43. The van der Waals surface area contributed by atoms with Crippen molar-refractivity contribution < 1.29 is 4.42 Å². The molecule has 2 N–H and O–H groups in total. The Balaban J connectivity index is 1.39. The Kier molecular flexibility index (Phi) is 4.14. The highest BCUT2D eigenvalue weighted by molar-refractivity contribution is 5.37. The molecule has 4 rings (SSSR count). The van der Waals surface area contributed by atoms with E-state index in [2.05, 4.69) is 38.8 Å². The van der Waals surface area contributed by atoms with Crippen molar-refractivity contribution in [1.82, 2.24) is 14.9 Å².